The van der Waals surface area contributed by atoms with Crippen LogP contribution >= 0.6 is 0 Å². The molecular weight excluding hydrogens is 312 g/mol. The fourth-order valence-corrected chi connectivity index (χ4v) is 2.36. The van der Waals surface area contributed by atoms with E-state index >= 15 is 0 Å². The molecule has 0 saturated carbocycles. The van der Waals surface area contributed by atoms with Crippen molar-refractivity contribution in [2.75, 3.05) is 0 Å². The predicted octanol–water partition coefficient (Wildman–Crippen LogP) is 4.54. The van der Waals surface area contributed by atoms with Crippen LogP contribution in [0.1, 0.15) is 21.5 Å². The lowest BCUT2D eigenvalue weighted by Gasteiger charge is -2.08. The lowest BCUT2D eigenvalue weighted by molar-refractivity contribution is -0.128. The Balaban J connectivity index is 1.78. The van der Waals surface area contributed by atoms with E-state index in [1.165, 1.54) is 6.08 Å². The van der Waals surface area contributed by atoms with Crippen molar-refractivity contribution in [3.63, 3.8) is 0 Å². The molecule has 0 aliphatic carbocycles. The van der Waals surface area contributed by atoms with E-state index in [-0.39, 0.29) is 11.5 Å². The minimum atomic E-state index is -0.530. The highest BCUT2D eigenvalue weighted by molar-refractivity contribution is 6.11. The summed E-state index contributed by atoms with van der Waals surface area (Å²) in [5, 5.41) is 0. The van der Waals surface area contributed by atoms with Crippen molar-refractivity contribution in [1.82, 2.24) is 0 Å². The van der Waals surface area contributed by atoms with Crippen LogP contribution in [0.2, 0.25) is 0 Å². The van der Waals surface area contributed by atoms with Gasteiger partial charge in [-0.3, -0.25) is 4.79 Å². The summed E-state index contributed by atoms with van der Waals surface area (Å²) in [6.07, 6.45) is 3.02. The molecule has 0 aliphatic rings. The first-order valence-corrected chi connectivity index (χ1v) is 7.88. The molecule has 0 spiro atoms. The van der Waals surface area contributed by atoms with E-state index in [0.29, 0.717) is 11.1 Å². The van der Waals surface area contributed by atoms with Gasteiger partial charge in [0.2, 0.25) is 0 Å². The third kappa shape index (κ3) is 4.30. The van der Waals surface area contributed by atoms with Gasteiger partial charge in [0, 0.05) is 11.6 Å². The standard InChI is InChI=1S/C22H16O3/c23-21(16-15-17-9-3-1-4-10-17)25-20-14-8-7-13-19(20)22(24)18-11-5-2-6-12-18/h1-16H/b16-15+. The van der Waals surface area contributed by atoms with Gasteiger partial charge in [-0.2, -0.15) is 0 Å². The van der Waals surface area contributed by atoms with Crippen LogP contribution in [-0.4, -0.2) is 11.8 Å². The van der Waals surface area contributed by atoms with E-state index in [1.54, 1.807) is 54.6 Å². The number of carbonyl (C=O) groups is 2. The zero-order valence-electron chi connectivity index (χ0n) is 13.5. The van der Waals surface area contributed by atoms with E-state index in [9.17, 15) is 9.59 Å². The molecule has 0 aliphatic heterocycles. The molecule has 0 fully saturated rings. The first kappa shape index (κ1) is 16.4. The minimum absolute atomic E-state index is 0.184. The Morgan fingerprint density at radius 1 is 0.720 bits per heavy atom. The largest absolute Gasteiger partial charge is 0.423 e. The van der Waals surface area contributed by atoms with E-state index in [2.05, 4.69) is 0 Å². The lowest BCUT2D eigenvalue weighted by atomic mass is 10.0. The summed E-state index contributed by atoms with van der Waals surface area (Å²) in [4.78, 5) is 24.7. The van der Waals surface area contributed by atoms with E-state index in [0.717, 1.165) is 5.56 Å². The molecule has 0 N–H and O–H groups in total. The van der Waals surface area contributed by atoms with Gasteiger partial charge < -0.3 is 4.74 Å². The SMILES string of the molecule is O=C(/C=C/c1ccccc1)Oc1ccccc1C(=O)c1ccccc1. The third-order valence-corrected chi connectivity index (χ3v) is 3.59. The summed E-state index contributed by atoms with van der Waals surface area (Å²) in [7, 11) is 0. The Kier molecular flexibility index (Phi) is 5.17. The number of hydrogen-bond donors (Lipinski definition) is 0. The average Bonchev–Trinajstić information content (AvgIpc) is 2.68. The molecular formula is C22H16O3. The quantitative estimate of drug-likeness (QED) is 0.299. The van der Waals surface area contributed by atoms with Crippen LogP contribution in [0.4, 0.5) is 0 Å². The van der Waals surface area contributed by atoms with Gasteiger partial charge in [-0.05, 0) is 23.8 Å². The molecule has 3 rings (SSSR count). The second-order valence-corrected chi connectivity index (χ2v) is 5.36. The molecule has 0 saturated heterocycles. The highest BCUT2D eigenvalue weighted by atomic mass is 16.5. The van der Waals surface area contributed by atoms with Crippen molar-refractivity contribution in [3.05, 3.63) is 108 Å². The summed E-state index contributed by atoms with van der Waals surface area (Å²) >= 11 is 0. The predicted molar refractivity (Wildman–Crippen MR) is 97.4 cm³/mol. The molecule has 0 bridgehead atoms. The number of ether oxygens (including phenoxy) is 1. The van der Waals surface area contributed by atoms with Crippen molar-refractivity contribution in [2.24, 2.45) is 0 Å². The van der Waals surface area contributed by atoms with Gasteiger partial charge in [0.25, 0.3) is 0 Å². The Hall–Kier alpha value is -3.46. The maximum absolute atomic E-state index is 12.6. The number of hydrogen-bond acceptors (Lipinski definition) is 3. The number of esters is 1. The van der Waals surface area contributed by atoms with E-state index < -0.39 is 5.97 Å². The number of rotatable bonds is 5. The van der Waals surface area contributed by atoms with Crippen LogP contribution < -0.4 is 4.74 Å². The second kappa shape index (κ2) is 7.88. The topological polar surface area (TPSA) is 43.4 Å². The van der Waals surface area contributed by atoms with Crippen LogP contribution in [0.25, 0.3) is 6.08 Å². The molecule has 0 radical (unpaired) electrons. The van der Waals surface area contributed by atoms with Gasteiger partial charge in [0.05, 0.1) is 5.56 Å². The summed E-state index contributed by atoms with van der Waals surface area (Å²) in [5.74, 6) is -0.465. The molecule has 0 atom stereocenters. The first-order valence-electron chi connectivity index (χ1n) is 7.88. The van der Waals surface area contributed by atoms with Gasteiger partial charge >= 0.3 is 5.97 Å². The second-order valence-electron chi connectivity index (χ2n) is 5.36. The highest BCUT2D eigenvalue weighted by Crippen LogP contribution is 2.22. The minimum Gasteiger partial charge on any atom is -0.423 e. The highest BCUT2D eigenvalue weighted by Gasteiger charge is 2.15. The number of carbonyl (C=O) groups excluding carboxylic acids is 2. The van der Waals surface area contributed by atoms with Crippen molar-refractivity contribution < 1.29 is 14.3 Å². The van der Waals surface area contributed by atoms with Crippen molar-refractivity contribution in [1.29, 1.82) is 0 Å². The molecule has 3 aromatic carbocycles. The van der Waals surface area contributed by atoms with Crippen LogP contribution in [-0.2, 0) is 4.79 Å². The molecule has 3 nitrogen and oxygen atoms in total. The Bertz CT molecular complexity index is 897. The molecule has 0 amide bonds. The average molecular weight is 328 g/mol. The fourth-order valence-electron chi connectivity index (χ4n) is 2.36. The zero-order chi connectivity index (χ0) is 17.5. The van der Waals surface area contributed by atoms with Crippen molar-refractivity contribution >= 4 is 17.8 Å². The van der Waals surface area contributed by atoms with Crippen molar-refractivity contribution in [2.45, 2.75) is 0 Å². The van der Waals surface area contributed by atoms with Crippen LogP contribution in [0.15, 0.2) is 91.0 Å². The van der Waals surface area contributed by atoms with Crippen LogP contribution in [0.5, 0.6) is 5.75 Å². The van der Waals surface area contributed by atoms with Crippen molar-refractivity contribution in [3.8, 4) is 5.75 Å². The van der Waals surface area contributed by atoms with Gasteiger partial charge in [-0.15, -0.1) is 0 Å². The van der Waals surface area contributed by atoms with Crippen LogP contribution in [0, 0.1) is 0 Å². The van der Waals surface area contributed by atoms with Gasteiger partial charge in [-0.25, -0.2) is 4.79 Å². The normalized spacial score (nSPS) is 10.6. The molecule has 0 heterocycles. The van der Waals surface area contributed by atoms with Gasteiger partial charge in [0.1, 0.15) is 5.75 Å². The number of para-hydroxylation sites is 1. The number of ketones is 1. The molecule has 122 valence electrons. The Morgan fingerprint density at radius 3 is 2.04 bits per heavy atom. The Labute approximate surface area is 146 Å². The maximum atomic E-state index is 12.6. The first-order chi connectivity index (χ1) is 12.2. The maximum Gasteiger partial charge on any atom is 0.336 e. The van der Waals surface area contributed by atoms with Gasteiger partial charge in [-0.1, -0.05) is 72.8 Å². The van der Waals surface area contributed by atoms with Crippen LogP contribution in [0.3, 0.4) is 0 Å². The summed E-state index contributed by atoms with van der Waals surface area (Å²) < 4.78 is 5.36. The molecule has 3 heteroatoms. The summed E-state index contributed by atoms with van der Waals surface area (Å²) in [6.45, 7) is 0. The fraction of sp³-hybridized carbons (Fsp3) is 0. The summed E-state index contributed by atoms with van der Waals surface area (Å²) in [5.41, 5.74) is 1.80. The molecule has 3 aromatic rings. The third-order valence-electron chi connectivity index (χ3n) is 3.59. The van der Waals surface area contributed by atoms with E-state index in [1.807, 2.05) is 36.4 Å². The monoisotopic (exact) mass is 328 g/mol. The summed E-state index contributed by atoms with van der Waals surface area (Å²) in [6, 6.07) is 25.1. The molecule has 25 heavy (non-hydrogen) atoms. The van der Waals surface area contributed by atoms with E-state index in [4.69, 9.17) is 4.74 Å². The molecule has 0 aromatic heterocycles. The Morgan fingerprint density at radius 2 is 1.32 bits per heavy atom. The van der Waals surface area contributed by atoms with Gasteiger partial charge in [0.15, 0.2) is 5.78 Å². The number of benzene rings is 3. The zero-order valence-corrected chi connectivity index (χ0v) is 13.5. The molecule has 0 unspecified atom stereocenters. The lowest BCUT2D eigenvalue weighted by Crippen LogP contribution is -2.09. The smallest absolute Gasteiger partial charge is 0.336 e.